The summed E-state index contributed by atoms with van der Waals surface area (Å²) in [7, 11) is -5.15. The minimum Gasteiger partial charge on any atom is -0.462 e. The van der Waals surface area contributed by atoms with Crippen LogP contribution in [-0.4, -0.2) is 111 Å². The van der Waals surface area contributed by atoms with Crippen molar-refractivity contribution in [3.05, 3.63) is 60.8 Å². The number of aliphatic hydroxyl groups excluding tert-OH is 5. The number of aliphatic hydroxyl groups is 5. The molecule has 0 spiro atoms. The van der Waals surface area contributed by atoms with Gasteiger partial charge in [0.2, 0.25) is 0 Å². The van der Waals surface area contributed by atoms with E-state index in [2.05, 4.69) is 74.6 Å². The molecule has 1 aliphatic carbocycles. The van der Waals surface area contributed by atoms with Crippen molar-refractivity contribution in [2.45, 2.75) is 236 Å². The average Bonchev–Trinajstić information content (AvgIpc) is 4.06. The summed E-state index contributed by atoms with van der Waals surface area (Å²) in [6.45, 7) is 3.19. The molecule has 6 N–H and O–H groups in total. The molecule has 5 unspecified atom stereocenters. The largest absolute Gasteiger partial charge is 0.472 e. The van der Waals surface area contributed by atoms with Crippen molar-refractivity contribution < 1.29 is 67.8 Å². The van der Waals surface area contributed by atoms with Gasteiger partial charge in [-0.2, -0.15) is 0 Å². The summed E-state index contributed by atoms with van der Waals surface area (Å²) >= 11 is 0. The predicted molar refractivity (Wildman–Crippen MR) is 257 cm³/mol. The molecule has 0 aromatic carbocycles. The summed E-state index contributed by atoms with van der Waals surface area (Å²) in [5.74, 6) is -1.18. The van der Waals surface area contributed by atoms with Gasteiger partial charge in [0.05, 0.1) is 18.8 Å². The highest BCUT2D eigenvalue weighted by atomic mass is 31.2. The Balaban J connectivity index is 1.71. The van der Waals surface area contributed by atoms with Crippen LogP contribution in [0.5, 0.6) is 0 Å². The average molecular weight is 955 g/mol. The molecular weight excluding hydrogens is 868 g/mol. The zero-order valence-electron chi connectivity index (χ0n) is 40.2. The fourth-order valence-electron chi connectivity index (χ4n) is 7.58. The zero-order valence-corrected chi connectivity index (χ0v) is 41.1. The molecule has 1 heterocycles. The molecule has 15 heteroatoms. The second-order valence-electron chi connectivity index (χ2n) is 17.7. The Bertz CT molecular complexity index is 1450. The SMILES string of the molecule is CCCCC/C=C\C/C=C\C/C=C\CC1OC1CCCC(=O)OC[C@H](COP(=O)(O)OC1[C@H](O)[C@H](O)C(O)[C@H](O)[C@H]1O)OC(=O)CCCCCCCCCCC/C=C\C/C=C\CCCCC. The van der Waals surface area contributed by atoms with Gasteiger partial charge in [0.25, 0.3) is 0 Å². The Morgan fingerprint density at radius 3 is 1.55 bits per heavy atom. The van der Waals surface area contributed by atoms with E-state index in [1.807, 2.05) is 0 Å². The first kappa shape index (κ1) is 59.6. The minimum atomic E-state index is -5.15. The van der Waals surface area contributed by atoms with Crippen LogP contribution >= 0.6 is 7.82 Å². The van der Waals surface area contributed by atoms with E-state index in [1.165, 1.54) is 70.6 Å². The predicted octanol–water partition coefficient (Wildman–Crippen LogP) is 9.49. The normalized spacial score (nSPS) is 24.8. The van der Waals surface area contributed by atoms with Crippen molar-refractivity contribution in [1.82, 2.24) is 0 Å². The van der Waals surface area contributed by atoms with Crippen LogP contribution in [0.2, 0.25) is 0 Å². The van der Waals surface area contributed by atoms with Crippen LogP contribution in [0.1, 0.15) is 181 Å². The van der Waals surface area contributed by atoms with E-state index < -0.39 is 75.7 Å². The number of hydrogen-bond acceptors (Lipinski definition) is 13. The van der Waals surface area contributed by atoms with Gasteiger partial charge >= 0.3 is 19.8 Å². The Hall–Kier alpha value is -2.49. The van der Waals surface area contributed by atoms with Crippen LogP contribution in [0.4, 0.5) is 0 Å². The third-order valence-corrected chi connectivity index (χ3v) is 12.7. The van der Waals surface area contributed by atoms with E-state index in [-0.39, 0.29) is 25.0 Å². The summed E-state index contributed by atoms with van der Waals surface area (Å²) in [4.78, 5) is 35.9. The van der Waals surface area contributed by atoms with Crippen molar-refractivity contribution in [2.75, 3.05) is 13.2 Å². The first-order valence-electron chi connectivity index (χ1n) is 25.2. The van der Waals surface area contributed by atoms with Gasteiger partial charge in [-0.1, -0.05) is 145 Å². The van der Waals surface area contributed by atoms with Gasteiger partial charge in [0.1, 0.15) is 43.2 Å². The molecule has 0 aromatic heterocycles. The number of esters is 2. The number of unbranched alkanes of at least 4 members (excludes halogenated alkanes) is 15. The summed E-state index contributed by atoms with van der Waals surface area (Å²) in [5, 5.41) is 50.3. The maximum absolute atomic E-state index is 12.9. The molecule has 380 valence electrons. The quantitative estimate of drug-likeness (QED) is 0.0111. The number of ether oxygens (including phenoxy) is 3. The van der Waals surface area contributed by atoms with Crippen LogP contribution in [0, 0.1) is 0 Å². The Morgan fingerprint density at radius 1 is 0.545 bits per heavy atom. The third-order valence-electron chi connectivity index (χ3n) is 11.8. The molecule has 2 rings (SSSR count). The summed E-state index contributed by atoms with van der Waals surface area (Å²) < 4.78 is 39.4. The summed E-state index contributed by atoms with van der Waals surface area (Å²) in [5.41, 5.74) is 0. The Labute approximate surface area is 396 Å². The lowest BCUT2D eigenvalue weighted by atomic mass is 9.85. The Kier molecular flexibility index (Phi) is 33.8. The molecule has 1 aliphatic heterocycles. The molecule has 0 radical (unpaired) electrons. The molecule has 66 heavy (non-hydrogen) atoms. The number of hydrogen-bond donors (Lipinski definition) is 6. The van der Waals surface area contributed by atoms with Gasteiger partial charge in [-0.05, 0) is 83.5 Å². The highest BCUT2D eigenvalue weighted by Gasteiger charge is 2.51. The number of phosphoric acid groups is 1. The third kappa shape index (κ3) is 28.7. The number of carbonyl (C=O) groups excluding carboxylic acids is 2. The fourth-order valence-corrected chi connectivity index (χ4v) is 8.55. The lowest BCUT2D eigenvalue weighted by Gasteiger charge is -2.41. The second-order valence-corrected chi connectivity index (χ2v) is 19.1. The highest BCUT2D eigenvalue weighted by molar-refractivity contribution is 7.47. The van der Waals surface area contributed by atoms with Gasteiger partial charge < -0.3 is 44.6 Å². The minimum absolute atomic E-state index is 0.0589. The Morgan fingerprint density at radius 2 is 1.00 bits per heavy atom. The van der Waals surface area contributed by atoms with E-state index in [9.17, 15) is 44.6 Å². The van der Waals surface area contributed by atoms with Crippen LogP contribution in [-0.2, 0) is 37.4 Å². The van der Waals surface area contributed by atoms with Crippen molar-refractivity contribution in [3.63, 3.8) is 0 Å². The van der Waals surface area contributed by atoms with E-state index in [0.29, 0.717) is 19.3 Å². The number of allylic oxidation sites excluding steroid dienone is 9. The van der Waals surface area contributed by atoms with Crippen LogP contribution in [0.25, 0.3) is 0 Å². The van der Waals surface area contributed by atoms with Crippen molar-refractivity contribution >= 4 is 19.8 Å². The van der Waals surface area contributed by atoms with Crippen molar-refractivity contribution in [3.8, 4) is 0 Å². The van der Waals surface area contributed by atoms with Crippen molar-refractivity contribution in [1.29, 1.82) is 0 Å². The molecule has 0 amide bonds. The maximum atomic E-state index is 12.9. The maximum Gasteiger partial charge on any atom is 0.472 e. The number of carbonyl (C=O) groups is 2. The van der Waals surface area contributed by atoms with Gasteiger partial charge in [-0.25, -0.2) is 4.57 Å². The highest BCUT2D eigenvalue weighted by Crippen LogP contribution is 2.47. The molecule has 0 aromatic rings. The molecule has 2 aliphatic rings. The first-order valence-corrected chi connectivity index (χ1v) is 26.7. The molecule has 14 nitrogen and oxygen atoms in total. The van der Waals surface area contributed by atoms with Crippen LogP contribution in [0.3, 0.4) is 0 Å². The zero-order chi connectivity index (χ0) is 48.3. The molecule has 2 fully saturated rings. The molecule has 1 saturated heterocycles. The van der Waals surface area contributed by atoms with E-state index in [1.54, 1.807) is 0 Å². The lowest BCUT2D eigenvalue weighted by molar-refractivity contribution is -0.220. The topological polar surface area (TPSA) is 222 Å². The fraction of sp³-hybridized carbons (Fsp3) is 0.765. The van der Waals surface area contributed by atoms with Crippen molar-refractivity contribution in [2.24, 2.45) is 0 Å². The molecular formula is C51H87O14P. The van der Waals surface area contributed by atoms with E-state index in [4.69, 9.17) is 23.3 Å². The van der Waals surface area contributed by atoms with E-state index >= 15 is 0 Å². The monoisotopic (exact) mass is 955 g/mol. The van der Waals surface area contributed by atoms with Gasteiger partial charge in [0, 0.05) is 12.8 Å². The summed E-state index contributed by atoms with van der Waals surface area (Å²) in [6.07, 6.45) is 34.2. The van der Waals surface area contributed by atoms with E-state index in [0.717, 1.165) is 64.2 Å². The first-order chi connectivity index (χ1) is 31.9. The van der Waals surface area contributed by atoms with Crippen LogP contribution < -0.4 is 0 Å². The molecule has 1 saturated carbocycles. The van der Waals surface area contributed by atoms with Gasteiger partial charge in [-0.3, -0.25) is 18.6 Å². The smallest absolute Gasteiger partial charge is 0.462 e. The number of epoxide rings is 1. The standard InChI is InChI=1S/C51H87O14P/c1-3-5-7-9-11-13-15-17-18-19-20-21-22-23-25-27-29-31-33-37-45(53)63-41(40-62-66(59,60)65-51-49(57)47(55)46(54)48(56)50(51)58)39-61-44(52)38-34-36-43-42(64-43)35-32-30-28-26-24-16-14-12-10-8-6-4-2/h11-14,17-18,24,26,30,32,41-43,46-51,54-58H,3-10,15-16,19-23,25,27-29,31,33-40H2,1-2H3,(H,59,60)/b13-11-,14-12-,18-17-,26-24-,32-30-/t41-,42?,43?,46?,47-,48+,49-,50-,51?/m1/s1. The number of phosphoric ester groups is 1. The van der Waals surface area contributed by atoms with Gasteiger partial charge in [0.15, 0.2) is 6.10 Å². The van der Waals surface area contributed by atoms with Crippen LogP contribution in [0.15, 0.2) is 60.8 Å². The molecule has 0 bridgehead atoms. The second kappa shape index (κ2) is 37.4. The molecule has 10 atom stereocenters. The lowest BCUT2D eigenvalue weighted by Crippen LogP contribution is -2.64. The number of rotatable bonds is 40. The van der Waals surface area contributed by atoms with Gasteiger partial charge in [-0.15, -0.1) is 0 Å². The summed E-state index contributed by atoms with van der Waals surface area (Å²) in [6, 6.07) is 0.